The van der Waals surface area contributed by atoms with Gasteiger partial charge in [0.15, 0.2) is 17.3 Å². The molecule has 0 saturated heterocycles. The zero-order chi connectivity index (χ0) is 15.4. The molecule has 1 aromatic rings. The van der Waals surface area contributed by atoms with Crippen LogP contribution in [0.1, 0.15) is 11.1 Å². The van der Waals surface area contributed by atoms with Crippen molar-refractivity contribution >= 4 is 11.8 Å². The first-order chi connectivity index (χ1) is 10.1. The van der Waals surface area contributed by atoms with Gasteiger partial charge in [0, 0.05) is 6.42 Å². The summed E-state index contributed by atoms with van der Waals surface area (Å²) in [6, 6.07) is 3.60. The first kappa shape index (κ1) is 15.1. The Kier molecular flexibility index (Phi) is 4.62. The fourth-order valence-electron chi connectivity index (χ4n) is 2.42. The molecule has 0 heterocycles. The summed E-state index contributed by atoms with van der Waals surface area (Å²) in [7, 11) is 3.10. The highest BCUT2D eigenvalue weighted by atomic mass is 16.5. The number of methoxy groups -OCH3 is 2. The monoisotopic (exact) mass is 290 g/mol. The molecule has 0 radical (unpaired) electrons. The molecule has 0 N–H and O–H groups in total. The fraction of sp³-hybridized carbons (Fsp3) is 0.375. The van der Waals surface area contributed by atoms with E-state index in [0.29, 0.717) is 17.9 Å². The molecule has 2 rings (SSSR count). The van der Waals surface area contributed by atoms with Crippen molar-refractivity contribution in [3.63, 3.8) is 0 Å². The number of hydrogen-bond donors (Lipinski definition) is 0. The van der Waals surface area contributed by atoms with Crippen LogP contribution in [0.4, 0.5) is 0 Å². The Morgan fingerprint density at radius 2 is 1.90 bits per heavy atom. The molecule has 0 bridgehead atoms. The highest BCUT2D eigenvalue weighted by molar-refractivity contribution is 6.01. The van der Waals surface area contributed by atoms with Gasteiger partial charge in [0.05, 0.1) is 14.2 Å². The minimum absolute atomic E-state index is 0.113. The molecule has 0 aliphatic heterocycles. The Hall–Kier alpha value is -2.30. The predicted octanol–water partition coefficient (Wildman–Crippen LogP) is 1.72. The Morgan fingerprint density at radius 1 is 1.29 bits per heavy atom. The molecule has 21 heavy (non-hydrogen) atoms. The molecule has 0 spiro atoms. The van der Waals surface area contributed by atoms with Crippen LogP contribution in [0.3, 0.4) is 0 Å². The second-order valence-corrected chi connectivity index (χ2v) is 4.79. The number of Topliss-reactive ketones (excluding diaryl/α,β-unsaturated/α-hetero) is 1. The van der Waals surface area contributed by atoms with Gasteiger partial charge in [0.25, 0.3) is 0 Å². The lowest BCUT2D eigenvalue weighted by Crippen LogP contribution is -2.33. The summed E-state index contributed by atoms with van der Waals surface area (Å²) in [6.45, 7) is 3.59. The third-order valence-electron chi connectivity index (χ3n) is 3.51. The van der Waals surface area contributed by atoms with Gasteiger partial charge >= 0.3 is 5.97 Å². The van der Waals surface area contributed by atoms with Crippen molar-refractivity contribution < 1.29 is 23.8 Å². The number of carbonyl (C=O) groups excluding carboxylic acids is 2. The summed E-state index contributed by atoms with van der Waals surface area (Å²) in [5, 5.41) is 0. The van der Waals surface area contributed by atoms with Gasteiger partial charge < -0.3 is 14.2 Å². The van der Waals surface area contributed by atoms with E-state index in [1.54, 1.807) is 20.3 Å². The molecule has 5 nitrogen and oxygen atoms in total. The van der Waals surface area contributed by atoms with E-state index in [1.807, 2.05) is 6.07 Å². The normalized spacial score (nSPS) is 16.9. The SMILES string of the molecule is C=CCOC(=O)C1Cc2cc(OC)c(OC)cc2CC1=O. The molecular formula is C16H18O5. The summed E-state index contributed by atoms with van der Waals surface area (Å²) >= 11 is 0. The Balaban J connectivity index is 2.27. The first-order valence-corrected chi connectivity index (χ1v) is 6.64. The predicted molar refractivity (Wildman–Crippen MR) is 76.6 cm³/mol. The van der Waals surface area contributed by atoms with Crippen LogP contribution in [0.5, 0.6) is 11.5 Å². The maximum atomic E-state index is 12.1. The number of ether oxygens (including phenoxy) is 3. The first-order valence-electron chi connectivity index (χ1n) is 6.64. The van der Waals surface area contributed by atoms with Crippen LogP contribution in [0.25, 0.3) is 0 Å². The Labute approximate surface area is 123 Å². The average molecular weight is 290 g/mol. The van der Waals surface area contributed by atoms with Crippen molar-refractivity contribution in [2.24, 2.45) is 5.92 Å². The molecule has 0 aromatic heterocycles. The van der Waals surface area contributed by atoms with Gasteiger partial charge in [0.1, 0.15) is 12.5 Å². The van der Waals surface area contributed by atoms with E-state index in [1.165, 1.54) is 6.08 Å². The number of hydrogen-bond acceptors (Lipinski definition) is 5. The largest absolute Gasteiger partial charge is 0.493 e. The third-order valence-corrected chi connectivity index (χ3v) is 3.51. The number of esters is 1. The molecule has 1 aromatic carbocycles. The van der Waals surface area contributed by atoms with Crippen LogP contribution in [0.15, 0.2) is 24.8 Å². The van der Waals surface area contributed by atoms with Gasteiger partial charge in [-0.2, -0.15) is 0 Å². The summed E-state index contributed by atoms with van der Waals surface area (Å²) in [6.07, 6.45) is 2.00. The van der Waals surface area contributed by atoms with Crippen molar-refractivity contribution in [3.05, 3.63) is 35.9 Å². The maximum absolute atomic E-state index is 12.1. The second kappa shape index (κ2) is 6.43. The van der Waals surface area contributed by atoms with E-state index in [4.69, 9.17) is 14.2 Å². The Morgan fingerprint density at radius 3 is 2.48 bits per heavy atom. The number of fused-ring (bicyclic) bond motifs is 1. The molecule has 1 aliphatic rings. The molecular weight excluding hydrogens is 272 g/mol. The zero-order valence-electron chi connectivity index (χ0n) is 12.2. The van der Waals surface area contributed by atoms with E-state index in [2.05, 4.69) is 6.58 Å². The minimum Gasteiger partial charge on any atom is -0.493 e. The summed E-state index contributed by atoms with van der Waals surface area (Å²) in [4.78, 5) is 24.0. The van der Waals surface area contributed by atoms with Crippen LogP contribution in [-0.4, -0.2) is 32.6 Å². The maximum Gasteiger partial charge on any atom is 0.317 e. The smallest absolute Gasteiger partial charge is 0.317 e. The number of rotatable bonds is 5. The van der Waals surface area contributed by atoms with Gasteiger partial charge in [-0.05, 0) is 29.7 Å². The molecule has 1 unspecified atom stereocenters. The van der Waals surface area contributed by atoms with Crippen LogP contribution < -0.4 is 9.47 Å². The second-order valence-electron chi connectivity index (χ2n) is 4.79. The standard InChI is InChI=1S/C16H18O5/c1-4-5-21-16(18)12-6-10-8-14(19-2)15(20-3)9-11(10)7-13(12)17/h4,8-9,12H,1,5-7H2,2-3H3. The quantitative estimate of drug-likeness (QED) is 0.469. The Bertz CT molecular complexity index is 576. The molecule has 0 saturated carbocycles. The van der Waals surface area contributed by atoms with Gasteiger partial charge in [-0.15, -0.1) is 0 Å². The van der Waals surface area contributed by atoms with Crippen LogP contribution in [-0.2, 0) is 27.2 Å². The number of carbonyl (C=O) groups is 2. The van der Waals surface area contributed by atoms with Gasteiger partial charge in [0.2, 0.25) is 0 Å². The van der Waals surface area contributed by atoms with E-state index >= 15 is 0 Å². The molecule has 0 fully saturated rings. The van der Waals surface area contributed by atoms with Crippen molar-refractivity contribution in [2.75, 3.05) is 20.8 Å². The number of ketones is 1. The van der Waals surface area contributed by atoms with E-state index in [9.17, 15) is 9.59 Å². The topological polar surface area (TPSA) is 61.8 Å². The summed E-state index contributed by atoms with van der Waals surface area (Å²) < 4.78 is 15.5. The summed E-state index contributed by atoms with van der Waals surface area (Å²) in [5.74, 6) is -0.222. The van der Waals surface area contributed by atoms with Gasteiger partial charge in [-0.1, -0.05) is 12.7 Å². The van der Waals surface area contributed by atoms with Crippen LogP contribution >= 0.6 is 0 Å². The van der Waals surface area contributed by atoms with Crippen LogP contribution in [0.2, 0.25) is 0 Å². The van der Waals surface area contributed by atoms with Crippen LogP contribution in [0, 0.1) is 5.92 Å². The highest BCUT2D eigenvalue weighted by Gasteiger charge is 2.33. The van der Waals surface area contributed by atoms with Crippen molar-refractivity contribution in [1.29, 1.82) is 0 Å². The van der Waals surface area contributed by atoms with Gasteiger partial charge in [-0.25, -0.2) is 0 Å². The minimum atomic E-state index is -0.754. The fourth-order valence-corrected chi connectivity index (χ4v) is 2.42. The molecule has 1 aliphatic carbocycles. The van der Waals surface area contributed by atoms with E-state index in [-0.39, 0.29) is 18.8 Å². The molecule has 0 amide bonds. The zero-order valence-corrected chi connectivity index (χ0v) is 12.2. The van der Waals surface area contributed by atoms with Crippen molar-refractivity contribution in [3.8, 4) is 11.5 Å². The molecule has 112 valence electrons. The lowest BCUT2D eigenvalue weighted by molar-refractivity contribution is -0.151. The molecule has 5 heteroatoms. The lowest BCUT2D eigenvalue weighted by atomic mass is 9.82. The van der Waals surface area contributed by atoms with Crippen molar-refractivity contribution in [2.45, 2.75) is 12.8 Å². The lowest BCUT2D eigenvalue weighted by Gasteiger charge is -2.23. The average Bonchev–Trinajstić information content (AvgIpc) is 2.50. The third kappa shape index (κ3) is 3.07. The molecule has 1 atom stereocenters. The summed E-state index contributed by atoms with van der Waals surface area (Å²) in [5.41, 5.74) is 1.78. The van der Waals surface area contributed by atoms with E-state index in [0.717, 1.165) is 11.1 Å². The highest BCUT2D eigenvalue weighted by Crippen LogP contribution is 2.34. The van der Waals surface area contributed by atoms with E-state index < -0.39 is 11.9 Å². The number of benzene rings is 1. The van der Waals surface area contributed by atoms with Crippen molar-refractivity contribution in [1.82, 2.24) is 0 Å². The van der Waals surface area contributed by atoms with Gasteiger partial charge in [-0.3, -0.25) is 9.59 Å².